The van der Waals surface area contributed by atoms with Crippen molar-refractivity contribution in [3.8, 4) is 11.1 Å². The molecule has 0 amide bonds. The second kappa shape index (κ2) is 6.08. The highest BCUT2D eigenvalue weighted by atomic mass is 19.4. The van der Waals surface area contributed by atoms with E-state index >= 15 is 0 Å². The van der Waals surface area contributed by atoms with Crippen molar-refractivity contribution in [2.24, 2.45) is 0 Å². The third kappa shape index (κ3) is 2.88. The zero-order valence-electron chi connectivity index (χ0n) is 14.0. The number of halogens is 3. The summed E-state index contributed by atoms with van der Waals surface area (Å²) in [4.78, 5) is 16.0. The maximum Gasteiger partial charge on any atom is 0.416 e. The maximum absolute atomic E-state index is 12.8. The van der Waals surface area contributed by atoms with Gasteiger partial charge in [0.2, 0.25) is 0 Å². The molecule has 0 atom stereocenters. The summed E-state index contributed by atoms with van der Waals surface area (Å²) in [6, 6.07) is 11.6. The molecule has 2 heterocycles. The number of methoxy groups -OCH3 is 1. The summed E-state index contributed by atoms with van der Waals surface area (Å²) in [6.45, 7) is 0. The summed E-state index contributed by atoms with van der Waals surface area (Å²) in [6.07, 6.45) is -3.02. The Bertz CT molecular complexity index is 1160. The Kier molecular flexibility index (Phi) is 3.83. The number of aromatic nitrogens is 3. The molecule has 0 fully saturated rings. The molecule has 0 radical (unpaired) electrons. The van der Waals surface area contributed by atoms with Gasteiger partial charge in [-0.1, -0.05) is 18.2 Å². The first-order chi connectivity index (χ1) is 12.9. The number of carbonyl (C=O) groups is 1. The number of hydrogen-bond donors (Lipinski definition) is 0. The largest absolute Gasteiger partial charge is 0.465 e. The Labute approximate surface area is 151 Å². The van der Waals surface area contributed by atoms with E-state index in [-0.39, 0.29) is 0 Å². The van der Waals surface area contributed by atoms with E-state index < -0.39 is 17.7 Å². The summed E-state index contributed by atoms with van der Waals surface area (Å²) in [5, 5.41) is 4.88. The van der Waals surface area contributed by atoms with Gasteiger partial charge in [-0.05, 0) is 41.5 Å². The van der Waals surface area contributed by atoms with Crippen LogP contribution in [0.5, 0.6) is 0 Å². The van der Waals surface area contributed by atoms with Crippen LogP contribution in [0.2, 0.25) is 0 Å². The molecule has 0 aliphatic carbocycles. The molecule has 136 valence electrons. The van der Waals surface area contributed by atoms with Gasteiger partial charge in [-0.2, -0.15) is 18.3 Å². The van der Waals surface area contributed by atoms with Crippen LogP contribution in [-0.4, -0.2) is 27.7 Å². The van der Waals surface area contributed by atoms with E-state index in [9.17, 15) is 18.0 Å². The first-order valence-electron chi connectivity index (χ1n) is 7.91. The highest BCUT2D eigenvalue weighted by Gasteiger charge is 2.30. The Hall–Kier alpha value is -3.42. The van der Waals surface area contributed by atoms with Gasteiger partial charge in [0.05, 0.1) is 23.8 Å². The molecule has 0 unspecified atom stereocenters. The monoisotopic (exact) mass is 371 g/mol. The molecule has 5 nitrogen and oxygen atoms in total. The fourth-order valence-corrected chi connectivity index (χ4v) is 3.00. The molecule has 0 bridgehead atoms. The number of carbonyl (C=O) groups excluding carboxylic acids is 1. The summed E-state index contributed by atoms with van der Waals surface area (Å²) in [5.41, 5.74) is 2.03. The number of benzene rings is 2. The minimum Gasteiger partial charge on any atom is -0.465 e. The van der Waals surface area contributed by atoms with E-state index in [4.69, 9.17) is 4.74 Å². The Morgan fingerprint density at radius 2 is 1.81 bits per heavy atom. The zero-order valence-corrected chi connectivity index (χ0v) is 14.0. The molecule has 0 aliphatic heterocycles. The molecule has 0 spiro atoms. The predicted molar refractivity (Wildman–Crippen MR) is 92.3 cm³/mol. The molecule has 8 heteroatoms. The van der Waals surface area contributed by atoms with Crippen LogP contribution in [0.1, 0.15) is 15.9 Å². The summed E-state index contributed by atoms with van der Waals surface area (Å²) in [7, 11) is 1.29. The van der Waals surface area contributed by atoms with Crippen molar-refractivity contribution in [1.82, 2.24) is 14.6 Å². The van der Waals surface area contributed by atoms with Crippen LogP contribution < -0.4 is 0 Å². The molecule has 0 saturated heterocycles. The number of fused-ring (bicyclic) bond motifs is 3. The fraction of sp³-hybridized carbons (Fsp3) is 0.105. The number of nitrogens with zero attached hydrogens (tertiary/aromatic N) is 3. The highest BCUT2D eigenvalue weighted by Crippen LogP contribution is 2.34. The van der Waals surface area contributed by atoms with Gasteiger partial charge < -0.3 is 4.74 Å². The second-order valence-corrected chi connectivity index (χ2v) is 5.89. The number of hydrogen-bond acceptors (Lipinski definition) is 4. The Balaban J connectivity index is 1.95. The lowest BCUT2D eigenvalue weighted by molar-refractivity contribution is -0.137. The molecular formula is C19H12F3N3O2. The minimum absolute atomic E-state index is 0.339. The van der Waals surface area contributed by atoms with Crippen LogP contribution in [0.4, 0.5) is 13.2 Å². The molecular weight excluding hydrogens is 359 g/mol. The third-order valence-electron chi connectivity index (χ3n) is 4.31. The van der Waals surface area contributed by atoms with Crippen molar-refractivity contribution in [2.45, 2.75) is 6.18 Å². The van der Waals surface area contributed by atoms with E-state index in [2.05, 4.69) is 10.1 Å². The normalized spacial score (nSPS) is 11.9. The van der Waals surface area contributed by atoms with Crippen molar-refractivity contribution >= 4 is 22.5 Å². The van der Waals surface area contributed by atoms with Gasteiger partial charge in [-0.15, -0.1) is 0 Å². The third-order valence-corrected chi connectivity index (χ3v) is 4.31. The Morgan fingerprint density at radius 1 is 1.07 bits per heavy atom. The number of esters is 1. The van der Waals surface area contributed by atoms with Crippen LogP contribution in [-0.2, 0) is 10.9 Å². The lowest BCUT2D eigenvalue weighted by Gasteiger charge is -2.11. The number of alkyl halides is 3. The molecule has 2 aromatic heterocycles. The van der Waals surface area contributed by atoms with E-state index in [0.717, 1.165) is 17.5 Å². The average Bonchev–Trinajstić information content (AvgIpc) is 3.14. The standard InChI is InChI=1S/C19H12F3N3O2/c1-27-18(26)12-4-7-14-15(9-17-23-10-24-25(17)16(14)8-12)11-2-5-13(6-3-11)19(20,21)22/h2-10H,1H3. The zero-order chi connectivity index (χ0) is 19.2. The van der Waals surface area contributed by atoms with Gasteiger partial charge in [0.15, 0.2) is 5.65 Å². The molecule has 27 heavy (non-hydrogen) atoms. The van der Waals surface area contributed by atoms with Crippen molar-refractivity contribution in [1.29, 1.82) is 0 Å². The van der Waals surface area contributed by atoms with E-state index in [1.807, 2.05) is 0 Å². The van der Waals surface area contributed by atoms with Crippen LogP contribution >= 0.6 is 0 Å². The van der Waals surface area contributed by atoms with Crippen LogP contribution in [0, 0.1) is 0 Å². The first kappa shape index (κ1) is 17.0. The number of rotatable bonds is 2. The quantitative estimate of drug-likeness (QED) is 0.492. The van der Waals surface area contributed by atoms with Gasteiger partial charge in [0.1, 0.15) is 6.33 Å². The van der Waals surface area contributed by atoms with Gasteiger partial charge in [-0.3, -0.25) is 0 Å². The van der Waals surface area contributed by atoms with Crippen molar-refractivity contribution in [2.75, 3.05) is 7.11 Å². The predicted octanol–water partition coefficient (Wildman–Crippen LogP) is 4.35. The van der Waals surface area contributed by atoms with Crippen molar-refractivity contribution < 1.29 is 22.7 Å². The second-order valence-electron chi connectivity index (χ2n) is 5.89. The van der Waals surface area contributed by atoms with Crippen LogP contribution in [0.15, 0.2) is 54.9 Å². The molecule has 0 aliphatic rings. The molecule has 0 N–H and O–H groups in total. The maximum atomic E-state index is 12.8. The summed E-state index contributed by atoms with van der Waals surface area (Å²) < 4.78 is 44.8. The summed E-state index contributed by atoms with van der Waals surface area (Å²) in [5.74, 6) is -0.495. The Morgan fingerprint density at radius 3 is 2.48 bits per heavy atom. The van der Waals surface area contributed by atoms with Crippen molar-refractivity contribution in [3.05, 3.63) is 66.0 Å². The first-order valence-corrected chi connectivity index (χ1v) is 7.91. The van der Waals surface area contributed by atoms with Gasteiger partial charge in [0.25, 0.3) is 0 Å². The van der Waals surface area contributed by atoms with Gasteiger partial charge >= 0.3 is 12.1 Å². The molecule has 4 aromatic rings. The average molecular weight is 371 g/mol. The van der Waals surface area contributed by atoms with Gasteiger partial charge in [-0.25, -0.2) is 14.3 Å². The highest BCUT2D eigenvalue weighted by molar-refractivity contribution is 6.01. The van der Waals surface area contributed by atoms with Crippen molar-refractivity contribution in [3.63, 3.8) is 0 Å². The molecule has 2 aromatic carbocycles. The number of ether oxygens (including phenoxy) is 1. The minimum atomic E-state index is -4.40. The topological polar surface area (TPSA) is 56.5 Å². The summed E-state index contributed by atoms with van der Waals surface area (Å²) >= 11 is 0. The van der Waals surface area contributed by atoms with Crippen LogP contribution in [0.3, 0.4) is 0 Å². The van der Waals surface area contributed by atoms with E-state index in [0.29, 0.717) is 27.9 Å². The smallest absolute Gasteiger partial charge is 0.416 e. The van der Waals surface area contributed by atoms with Gasteiger partial charge in [0, 0.05) is 5.39 Å². The van der Waals surface area contributed by atoms with E-state index in [1.54, 1.807) is 28.8 Å². The molecule has 0 saturated carbocycles. The lowest BCUT2D eigenvalue weighted by Crippen LogP contribution is -2.04. The lowest BCUT2D eigenvalue weighted by atomic mass is 9.99. The SMILES string of the molecule is COC(=O)c1ccc2c(-c3ccc(C(F)(F)F)cc3)cc3ncnn3c2c1. The number of pyridine rings is 1. The van der Waals surface area contributed by atoms with Crippen LogP contribution in [0.25, 0.3) is 27.7 Å². The van der Waals surface area contributed by atoms with E-state index in [1.165, 1.54) is 25.6 Å². The fourth-order valence-electron chi connectivity index (χ4n) is 3.00. The molecule has 4 rings (SSSR count).